The second-order valence-corrected chi connectivity index (χ2v) is 9.63. The first kappa shape index (κ1) is 39.2. The van der Waals surface area contributed by atoms with Crippen molar-refractivity contribution in [2.24, 2.45) is 0 Å². The number of aliphatic hydroxyl groups excluding tert-OH is 2. The number of ether oxygens (including phenoxy) is 8. The van der Waals surface area contributed by atoms with Crippen LogP contribution in [0.4, 0.5) is 0 Å². The highest BCUT2D eigenvalue weighted by Gasteiger charge is 2.16. The van der Waals surface area contributed by atoms with Crippen molar-refractivity contribution >= 4 is 0 Å². The number of rotatable bonds is 26. The number of hydrogen-bond acceptors (Lipinski definition) is 10. The molecule has 44 heavy (non-hydrogen) atoms. The van der Waals surface area contributed by atoms with Gasteiger partial charge in [-0.1, -0.05) is 48.6 Å². The van der Waals surface area contributed by atoms with Crippen molar-refractivity contribution in [2.75, 3.05) is 79.3 Å². The number of benzene rings is 2. The van der Waals surface area contributed by atoms with Crippen molar-refractivity contribution in [3.63, 3.8) is 0 Å². The van der Waals surface area contributed by atoms with E-state index in [1.54, 1.807) is 12.2 Å². The van der Waals surface area contributed by atoms with Gasteiger partial charge in [-0.25, -0.2) is 0 Å². The van der Waals surface area contributed by atoms with Gasteiger partial charge in [-0.2, -0.15) is 0 Å². The number of aliphatic hydroxyl groups is 2. The minimum absolute atomic E-state index is 0.00966. The summed E-state index contributed by atoms with van der Waals surface area (Å²) in [7, 11) is 0. The highest BCUT2D eigenvalue weighted by Crippen LogP contribution is 2.11. The van der Waals surface area contributed by atoms with E-state index in [1.165, 1.54) is 0 Å². The molecule has 0 saturated heterocycles. The first-order valence-electron chi connectivity index (χ1n) is 14.9. The molecule has 0 saturated carbocycles. The van der Waals surface area contributed by atoms with Crippen LogP contribution in [-0.2, 0) is 28.4 Å². The Morgan fingerprint density at radius 2 is 1.11 bits per heavy atom. The van der Waals surface area contributed by atoms with Gasteiger partial charge >= 0.3 is 0 Å². The van der Waals surface area contributed by atoms with Crippen molar-refractivity contribution in [2.45, 2.75) is 38.3 Å². The van der Waals surface area contributed by atoms with Gasteiger partial charge in [0, 0.05) is 0 Å². The average molecular weight is 621 g/mol. The maximum Gasteiger partial charge on any atom is 0.119 e. The van der Waals surface area contributed by atoms with Gasteiger partial charge in [0.15, 0.2) is 0 Å². The van der Waals surface area contributed by atoms with E-state index in [0.717, 1.165) is 11.5 Å². The maximum atomic E-state index is 8.89. The van der Waals surface area contributed by atoms with E-state index in [0.29, 0.717) is 52.9 Å². The van der Waals surface area contributed by atoms with E-state index in [-0.39, 0.29) is 50.8 Å². The Kier molecular flexibility index (Phi) is 24.7. The van der Waals surface area contributed by atoms with Crippen molar-refractivity contribution in [1.29, 1.82) is 0 Å². The number of para-hydroxylation sites is 2. The topological polar surface area (TPSA) is 114 Å². The largest absolute Gasteiger partial charge is 0.491 e. The molecule has 0 amide bonds. The molecule has 248 valence electrons. The Morgan fingerprint density at radius 1 is 0.591 bits per heavy atom. The summed E-state index contributed by atoms with van der Waals surface area (Å²) in [6.45, 7) is 15.0. The highest BCUT2D eigenvalue weighted by atomic mass is 16.6. The van der Waals surface area contributed by atoms with Crippen LogP contribution in [0.1, 0.15) is 13.8 Å². The zero-order valence-electron chi connectivity index (χ0n) is 26.3. The fraction of sp³-hybridized carbons (Fsp3) is 0.529. The molecule has 0 aromatic heterocycles. The van der Waals surface area contributed by atoms with E-state index in [2.05, 4.69) is 13.2 Å². The molecular weight excluding hydrogens is 568 g/mol. The van der Waals surface area contributed by atoms with Gasteiger partial charge in [0.1, 0.15) is 36.9 Å². The van der Waals surface area contributed by atoms with Crippen molar-refractivity contribution in [3.05, 3.63) is 86.0 Å². The van der Waals surface area contributed by atoms with Gasteiger partial charge in [0.2, 0.25) is 0 Å². The monoisotopic (exact) mass is 620 g/mol. The summed E-state index contributed by atoms with van der Waals surface area (Å²) in [6, 6.07) is 19.1. The molecule has 0 fully saturated rings. The molecule has 10 heteroatoms. The van der Waals surface area contributed by atoms with Gasteiger partial charge in [-0.15, -0.1) is 13.2 Å². The standard InChI is InChI=1S/2C17H26O5/c1-3-10-19-12-15(2)21-13-17(20-11-9-18)14-22-16-7-5-4-6-8-16;1-3-10-19-12-15(2)22-17(13-20-11-9-18)14-21-16-7-5-4-6-8-16/h2*3-8,15,17-18H,1,9-14H2,2H3. The van der Waals surface area contributed by atoms with Crippen LogP contribution in [0.5, 0.6) is 11.5 Å². The average Bonchev–Trinajstić information content (AvgIpc) is 3.05. The van der Waals surface area contributed by atoms with Crippen LogP contribution >= 0.6 is 0 Å². The van der Waals surface area contributed by atoms with E-state index >= 15 is 0 Å². The van der Waals surface area contributed by atoms with Crippen LogP contribution in [-0.4, -0.2) is 114 Å². The normalized spacial score (nSPS) is 13.5. The van der Waals surface area contributed by atoms with Crippen LogP contribution in [0.2, 0.25) is 0 Å². The van der Waals surface area contributed by atoms with Gasteiger partial charge in [0.05, 0.1) is 78.3 Å². The third-order valence-corrected chi connectivity index (χ3v) is 5.51. The Morgan fingerprint density at radius 3 is 1.64 bits per heavy atom. The molecule has 4 unspecified atom stereocenters. The highest BCUT2D eigenvalue weighted by molar-refractivity contribution is 5.21. The summed E-state index contributed by atoms with van der Waals surface area (Å²) < 4.78 is 44.5. The third-order valence-electron chi connectivity index (χ3n) is 5.51. The third kappa shape index (κ3) is 21.8. The van der Waals surface area contributed by atoms with E-state index < -0.39 is 0 Å². The second-order valence-electron chi connectivity index (χ2n) is 9.63. The maximum absolute atomic E-state index is 8.89. The first-order valence-corrected chi connectivity index (χ1v) is 14.9. The predicted molar refractivity (Wildman–Crippen MR) is 170 cm³/mol. The second kappa shape index (κ2) is 27.7. The molecule has 0 aliphatic rings. The summed E-state index contributed by atoms with van der Waals surface area (Å²) in [5, 5.41) is 17.7. The van der Waals surface area contributed by atoms with Crippen molar-refractivity contribution in [3.8, 4) is 11.5 Å². The van der Waals surface area contributed by atoms with E-state index in [4.69, 9.17) is 48.1 Å². The molecule has 0 aliphatic heterocycles. The van der Waals surface area contributed by atoms with Gasteiger partial charge in [-0.05, 0) is 38.1 Å². The van der Waals surface area contributed by atoms with Gasteiger partial charge < -0.3 is 48.1 Å². The molecule has 0 aliphatic carbocycles. The summed E-state index contributed by atoms with van der Waals surface area (Å²) in [5.74, 6) is 1.57. The quantitative estimate of drug-likeness (QED) is 0.118. The fourth-order valence-corrected chi connectivity index (χ4v) is 3.50. The molecule has 4 atom stereocenters. The molecule has 10 nitrogen and oxygen atoms in total. The van der Waals surface area contributed by atoms with E-state index in [9.17, 15) is 0 Å². The van der Waals surface area contributed by atoms with E-state index in [1.807, 2.05) is 74.5 Å². The molecule has 2 aromatic rings. The summed E-state index contributed by atoms with van der Waals surface area (Å²) in [5.41, 5.74) is 0. The van der Waals surface area contributed by atoms with Crippen LogP contribution in [0.25, 0.3) is 0 Å². The van der Waals surface area contributed by atoms with Crippen LogP contribution in [0.15, 0.2) is 86.0 Å². The molecule has 0 radical (unpaired) electrons. The lowest BCUT2D eigenvalue weighted by Crippen LogP contribution is -2.33. The Bertz CT molecular complexity index is 915. The Labute approximate surface area is 263 Å². The SMILES string of the molecule is C=CCOCC(C)OC(COCCO)COc1ccccc1.C=CCOCC(C)OCC(COc1ccccc1)OCCO. The lowest BCUT2D eigenvalue weighted by molar-refractivity contribution is -0.0912. The predicted octanol–water partition coefficient (Wildman–Crippen LogP) is 4.10. The van der Waals surface area contributed by atoms with Crippen LogP contribution in [0, 0.1) is 0 Å². The number of hydrogen-bond donors (Lipinski definition) is 2. The lowest BCUT2D eigenvalue weighted by atomic mass is 10.3. The van der Waals surface area contributed by atoms with Crippen molar-refractivity contribution in [1.82, 2.24) is 0 Å². The Hall–Kier alpha value is -2.80. The molecule has 2 rings (SSSR count). The summed E-state index contributed by atoms with van der Waals surface area (Å²) >= 11 is 0. The van der Waals surface area contributed by atoms with Crippen LogP contribution < -0.4 is 9.47 Å². The smallest absolute Gasteiger partial charge is 0.119 e. The van der Waals surface area contributed by atoms with Crippen LogP contribution in [0.3, 0.4) is 0 Å². The molecule has 2 N–H and O–H groups in total. The van der Waals surface area contributed by atoms with Gasteiger partial charge in [0.25, 0.3) is 0 Å². The fourth-order valence-electron chi connectivity index (χ4n) is 3.50. The minimum atomic E-state index is -0.241. The zero-order chi connectivity index (χ0) is 32.1. The molecule has 2 aromatic carbocycles. The minimum Gasteiger partial charge on any atom is -0.491 e. The molecule has 0 bridgehead atoms. The summed E-state index contributed by atoms with van der Waals surface area (Å²) in [6.07, 6.45) is 2.81. The van der Waals surface area contributed by atoms with Crippen molar-refractivity contribution < 1.29 is 48.1 Å². The molecule has 0 spiro atoms. The Balaban J connectivity index is 0.000000440. The van der Waals surface area contributed by atoms with Gasteiger partial charge in [-0.3, -0.25) is 0 Å². The summed E-state index contributed by atoms with van der Waals surface area (Å²) in [4.78, 5) is 0. The zero-order valence-corrected chi connectivity index (χ0v) is 26.3. The molecule has 0 heterocycles. The first-order chi connectivity index (χ1) is 21.5. The molecular formula is C34H52O10. The lowest BCUT2D eigenvalue weighted by Gasteiger charge is -2.22.